The smallest absolute Gasteiger partial charge is 0.163 e. The van der Waals surface area contributed by atoms with Crippen LogP contribution in [0.15, 0.2) is 36.9 Å². The van der Waals surface area contributed by atoms with Crippen LogP contribution >= 0.6 is 0 Å². The number of carbonyl (C=O) groups excluding carboxylic acids is 1. The summed E-state index contributed by atoms with van der Waals surface area (Å²) < 4.78 is 3.66. The van der Waals surface area contributed by atoms with Gasteiger partial charge in [-0.1, -0.05) is 6.07 Å². The fourth-order valence-corrected chi connectivity index (χ4v) is 2.20. The molecule has 0 bridgehead atoms. The van der Waals surface area contributed by atoms with Gasteiger partial charge in [-0.25, -0.2) is 4.52 Å². The Morgan fingerprint density at radius 1 is 1.10 bits per heavy atom. The van der Waals surface area contributed by atoms with Gasteiger partial charge in [0.05, 0.1) is 23.5 Å². The van der Waals surface area contributed by atoms with Crippen molar-refractivity contribution in [3.8, 4) is 11.1 Å². The first-order chi connectivity index (χ1) is 9.56. The number of nitrogens with zero attached hydrogens (tertiary/aromatic N) is 4. The minimum atomic E-state index is 0.0281. The third-order valence-electron chi connectivity index (χ3n) is 3.36. The number of fused-ring (bicyclic) bond motifs is 1. The Bertz CT molecular complexity index is 782. The molecule has 5 heteroatoms. The van der Waals surface area contributed by atoms with E-state index >= 15 is 0 Å². The molecule has 3 aromatic heterocycles. The largest absolute Gasteiger partial charge is 0.294 e. The van der Waals surface area contributed by atoms with E-state index in [9.17, 15) is 4.79 Å². The molecule has 3 rings (SSSR count). The summed E-state index contributed by atoms with van der Waals surface area (Å²) in [6.45, 7) is 5.73. The van der Waals surface area contributed by atoms with Crippen LogP contribution in [0.4, 0.5) is 0 Å². The first kappa shape index (κ1) is 12.6. The summed E-state index contributed by atoms with van der Waals surface area (Å²) in [5.74, 6) is 0.0281. The van der Waals surface area contributed by atoms with Gasteiger partial charge in [0.2, 0.25) is 0 Å². The highest BCUT2D eigenvalue weighted by Gasteiger charge is 2.10. The standard InChI is InChI=1S/C15H16N4O/c1-10(2)18-9-13(6-16-18)12-4-5-15-14(11(3)20)7-17-19(15)8-12/h4-10H,1-3H3. The van der Waals surface area contributed by atoms with Crippen LogP contribution in [0, 0.1) is 0 Å². The monoisotopic (exact) mass is 268 g/mol. The Hall–Kier alpha value is -2.43. The van der Waals surface area contributed by atoms with Crippen molar-refractivity contribution in [1.82, 2.24) is 19.4 Å². The van der Waals surface area contributed by atoms with Crippen LogP contribution in [0.5, 0.6) is 0 Å². The van der Waals surface area contributed by atoms with Crippen molar-refractivity contribution < 1.29 is 4.79 Å². The number of aromatic nitrogens is 4. The number of carbonyl (C=O) groups is 1. The van der Waals surface area contributed by atoms with Crippen molar-refractivity contribution in [2.24, 2.45) is 0 Å². The van der Waals surface area contributed by atoms with Gasteiger partial charge < -0.3 is 0 Å². The molecule has 20 heavy (non-hydrogen) atoms. The Morgan fingerprint density at radius 3 is 2.55 bits per heavy atom. The van der Waals surface area contributed by atoms with Crippen molar-refractivity contribution in [2.75, 3.05) is 0 Å². The lowest BCUT2D eigenvalue weighted by atomic mass is 10.1. The molecule has 0 fully saturated rings. The van der Waals surface area contributed by atoms with E-state index in [1.165, 1.54) is 0 Å². The summed E-state index contributed by atoms with van der Waals surface area (Å²) >= 11 is 0. The van der Waals surface area contributed by atoms with Crippen LogP contribution in [0.1, 0.15) is 37.2 Å². The molecule has 5 nitrogen and oxygen atoms in total. The molecular weight excluding hydrogens is 252 g/mol. The van der Waals surface area contributed by atoms with Crippen molar-refractivity contribution in [2.45, 2.75) is 26.8 Å². The molecule has 0 unspecified atom stereocenters. The van der Waals surface area contributed by atoms with E-state index in [4.69, 9.17) is 0 Å². The average molecular weight is 268 g/mol. The molecule has 0 aliphatic rings. The van der Waals surface area contributed by atoms with E-state index in [1.807, 2.05) is 35.4 Å². The molecule has 3 heterocycles. The van der Waals surface area contributed by atoms with Crippen LogP contribution in [0.3, 0.4) is 0 Å². The topological polar surface area (TPSA) is 52.2 Å². The predicted octanol–water partition coefficient (Wildman–Crippen LogP) is 2.98. The van der Waals surface area contributed by atoms with Gasteiger partial charge in [-0.3, -0.25) is 9.48 Å². The van der Waals surface area contributed by atoms with Crippen LogP contribution in [0.2, 0.25) is 0 Å². The summed E-state index contributed by atoms with van der Waals surface area (Å²) in [5, 5.41) is 8.58. The van der Waals surface area contributed by atoms with Crippen molar-refractivity contribution >= 4 is 11.3 Å². The quantitative estimate of drug-likeness (QED) is 0.686. The summed E-state index contributed by atoms with van der Waals surface area (Å²) in [4.78, 5) is 11.5. The number of rotatable bonds is 3. The fourth-order valence-electron chi connectivity index (χ4n) is 2.20. The first-order valence-electron chi connectivity index (χ1n) is 6.59. The lowest BCUT2D eigenvalue weighted by Gasteiger charge is -2.03. The van der Waals surface area contributed by atoms with Gasteiger partial charge in [0, 0.05) is 29.6 Å². The second kappa shape index (κ2) is 4.59. The zero-order chi connectivity index (χ0) is 14.3. The van der Waals surface area contributed by atoms with Gasteiger partial charge in [-0.15, -0.1) is 0 Å². The Morgan fingerprint density at radius 2 is 1.90 bits per heavy atom. The molecule has 0 N–H and O–H groups in total. The highest BCUT2D eigenvalue weighted by atomic mass is 16.1. The first-order valence-corrected chi connectivity index (χ1v) is 6.59. The van der Waals surface area contributed by atoms with E-state index < -0.39 is 0 Å². The minimum Gasteiger partial charge on any atom is -0.294 e. The maximum absolute atomic E-state index is 11.5. The second-order valence-corrected chi connectivity index (χ2v) is 5.16. The molecule has 0 radical (unpaired) electrons. The second-order valence-electron chi connectivity index (χ2n) is 5.16. The summed E-state index contributed by atoms with van der Waals surface area (Å²) in [6.07, 6.45) is 7.39. The van der Waals surface area contributed by atoms with Gasteiger partial charge in [0.15, 0.2) is 5.78 Å². The highest BCUT2D eigenvalue weighted by Crippen LogP contribution is 2.22. The number of Topliss-reactive ketones (excluding diaryl/α,β-unsaturated/α-hetero) is 1. The highest BCUT2D eigenvalue weighted by molar-refractivity contribution is 6.00. The molecule has 0 saturated heterocycles. The van der Waals surface area contributed by atoms with Crippen LogP contribution < -0.4 is 0 Å². The van der Waals surface area contributed by atoms with Crippen LogP contribution in [-0.2, 0) is 0 Å². The number of hydrogen-bond acceptors (Lipinski definition) is 3. The van der Waals surface area contributed by atoms with Crippen LogP contribution in [-0.4, -0.2) is 25.2 Å². The minimum absolute atomic E-state index is 0.0281. The predicted molar refractivity (Wildman–Crippen MR) is 76.8 cm³/mol. The molecular formula is C15H16N4O. The molecule has 0 aromatic carbocycles. The Kier molecular flexibility index (Phi) is 2.89. The molecule has 3 aromatic rings. The number of pyridine rings is 1. The van der Waals surface area contributed by atoms with Gasteiger partial charge in [-0.2, -0.15) is 10.2 Å². The molecule has 0 saturated carbocycles. The van der Waals surface area contributed by atoms with Gasteiger partial charge >= 0.3 is 0 Å². The molecule has 0 amide bonds. The fraction of sp³-hybridized carbons (Fsp3) is 0.267. The summed E-state index contributed by atoms with van der Waals surface area (Å²) in [5.41, 5.74) is 3.55. The number of hydrogen-bond donors (Lipinski definition) is 0. The van der Waals surface area contributed by atoms with Gasteiger partial charge in [0.1, 0.15) is 0 Å². The van der Waals surface area contributed by atoms with E-state index in [0.717, 1.165) is 16.6 Å². The zero-order valence-corrected chi connectivity index (χ0v) is 11.7. The van der Waals surface area contributed by atoms with Crippen molar-refractivity contribution in [3.63, 3.8) is 0 Å². The SMILES string of the molecule is CC(=O)c1cnn2cc(-c3cnn(C(C)C)c3)ccc12. The molecule has 0 atom stereocenters. The summed E-state index contributed by atoms with van der Waals surface area (Å²) in [6, 6.07) is 4.25. The third kappa shape index (κ3) is 2.01. The lowest BCUT2D eigenvalue weighted by molar-refractivity contribution is 0.101. The third-order valence-corrected chi connectivity index (χ3v) is 3.36. The molecule has 0 aliphatic heterocycles. The molecule has 102 valence electrons. The average Bonchev–Trinajstić information content (AvgIpc) is 3.04. The molecule has 0 aliphatic carbocycles. The van der Waals surface area contributed by atoms with Crippen molar-refractivity contribution in [3.05, 3.63) is 42.5 Å². The maximum atomic E-state index is 11.5. The Balaban J connectivity index is 2.06. The Labute approximate surface area is 116 Å². The van der Waals surface area contributed by atoms with E-state index in [-0.39, 0.29) is 5.78 Å². The van der Waals surface area contributed by atoms with E-state index in [0.29, 0.717) is 11.6 Å². The van der Waals surface area contributed by atoms with Crippen LogP contribution in [0.25, 0.3) is 16.6 Å². The van der Waals surface area contributed by atoms with Gasteiger partial charge in [-0.05, 0) is 26.8 Å². The van der Waals surface area contributed by atoms with E-state index in [2.05, 4.69) is 24.0 Å². The normalized spacial score (nSPS) is 11.4. The van der Waals surface area contributed by atoms with Gasteiger partial charge in [0.25, 0.3) is 0 Å². The maximum Gasteiger partial charge on any atom is 0.163 e. The zero-order valence-electron chi connectivity index (χ0n) is 11.7. The number of ketones is 1. The summed E-state index contributed by atoms with van der Waals surface area (Å²) in [7, 11) is 0. The van der Waals surface area contributed by atoms with Crippen molar-refractivity contribution in [1.29, 1.82) is 0 Å². The molecule has 0 spiro atoms. The van der Waals surface area contributed by atoms with E-state index in [1.54, 1.807) is 17.6 Å². The lowest BCUT2D eigenvalue weighted by Crippen LogP contribution is -1.99.